The van der Waals surface area contributed by atoms with E-state index in [1.807, 2.05) is 20.0 Å². The molecule has 0 radical (unpaired) electrons. The van der Waals surface area contributed by atoms with Crippen molar-refractivity contribution in [2.24, 2.45) is 0 Å². The van der Waals surface area contributed by atoms with Gasteiger partial charge in [-0.1, -0.05) is 6.07 Å². The first-order valence-corrected chi connectivity index (χ1v) is 10.7. The highest BCUT2D eigenvalue weighted by atomic mass is 32.2. The molecule has 2 aromatic rings. The Morgan fingerprint density at radius 3 is 2.78 bits per heavy atom. The molecule has 1 aromatic carbocycles. The van der Waals surface area contributed by atoms with Gasteiger partial charge in [-0.2, -0.15) is 0 Å². The largest absolute Gasteiger partial charge is 0.350 e. The van der Waals surface area contributed by atoms with Crippen molar-refractivity contribution in [3.8, 4) is 0 Å². The van der Waals surface area contributed by atoms with Gasteiger partial charge in [0.25, 0.3) is 0 Å². The van der Waals surface area contributed by atoms with Crippen molar-refractivity contribution in [1.82, 2.24) is 19.6 Å². The van der Waals surface area contributed by atoms with Crippen LogP contribution < -0.4 is 10.0 Å². The maximum atomic E-state index is 12.3. The molecule has 1 amide bonds. The molecule has 0 fully saturated rings. The number of hydrogen-bond donors (Lipinski definition) is 2. The fourth-order valence-electron chi connectivity index (χ4n) is 3.10. The van der Waals surface area contributed by atoms with Crippen LogP contribution in [0.2, 0.25) is 0 Å². The van der Waals surface area contributed by atoms with Gasteiger partial charge in [-0.05, 0) is 49.9 Å². The zero-order valence-corrected chi connectivity index (χ0v) is 16.6. The number of amides is 1. The second-order valence-corrected chi connectivity index (χ2v) is 8.74. The lowest BCUT2D eigenvalue weighted by Crippen LogP contribution is -2.30. The molecule has 3 rings (SSSR count). The van der Waals surface area contributed by atoms with E-state index in [1.54, 1.807) is 18.2 Å². The Bertz CT molecular complexity index is 911. The molecule has 0 atom stereocenters. The van der Waals surface area contributed by atoms with E-state index >= 15 is 0 Å². The van der Waals surface area contributed by atoms with Gasteiger partial charge < -0.3 is 9.88 Å². The molecule has 146 valence electrons. The number of hydrogen-bond acceptors (Lipinski definition) is 4. The van der Waals surface area contributed by atoms with Gasteiger partial charge >= 0.3 is 0 Å². The third-order valence-corrected chi connectivity index (χ3v) is 6.32. The van der Waals surface area contributed by atoms with Gasteiger partial charge in [0.2, 0.25) is 15.9 Å². The average Bonchev–Trinajstić information content (AvgIpc) is 3.05. The van der Waals surface area contributed by atoms with Crippen molar-refractivity contribution >= 4 is 15.9 Å². The molecular weight excluding hydrogens is 364 g/mol. The van der Waals surface area contributed by atoms with E-state index in [2.05, 4.69) is 19.6 Å². The van der Waals surface area contributed by atoms with Crippen molar-refractivity contribution in [2.75, 3.05) is 6.54 Å². The summed E-state index contributed by atoms with van der Waals surface area (Å²) in [6, 6.07) is 4.99. The highest BCUT2D eigenvalue weighted by molar-refractivity contribution is 7.89. The molecule has 0 unspecified atom stereocenters. The first kappa shape index (κ1) is 19.6. The molecule has 1 aromatic heterocycles. The van der Waals surface area contributed by atoms with E-state index in [4.69, 9.17) is 0 Å². The highest BCUT2D eigenvalue weighted by Gasteiger charge is 2.15. The first-order valence-electron chi connectivity index (χ1n) is 9.24. The number of nitrogens with one attached hydrogen (secondary N) is 2. The molecule has 0 bridgehead atoms. The Balaban J connectivity index is 1.46. The predicted molar refractivity (Wildman–Crippen MR) is 103 cm³/mol. The third-order valence-electron chi connectivity index (χ3n) is 4.86. The molecule has 0 saturated carbocycles. The Morgan fingerprint density at radius 1 is 1.22 bits per heavy atom. The molecule has 27 heavy (non-hydrogen) atoms. The van der Waals surface area contributed by atoms with Crippen molar-refractivity contribution in [3.05, 3.63) is 47.0 Å². The zero-order chi connectivity index (χ0) is 19.4. The number of imidazole rings is 1. The predicted octanol–water partition coefficient (Wildman–Crippen LogP) is 1.82. The molecule has 8 heteroatoms. The average molecular weight is 391 g/mol. The second kappa shape index (κ2) is 8.22. The quantitative estimate of drug-likeness (QED) is 0.754. The summed E-state index contributed by atoms with van der Waals surface area (Å²) < 4.78 is 29.3. The molecule has 7 nitrogen and oxygen atoms in total. The normalized spacial score (nSPS) is 14.0. The van der Waals surface area contributed by atoms with E-state index in [0.29, 0.717) is 6.54 Å². The third kappa shape index (κ3) is 4.95. The maximum Gasteiger partial charge on any atom is 0.240 e. The van der Waals surface area contributed by atoms with Crippen LogP contribution in [0, 0.1) is 13.8 Å². The molecular formula is C19H26N4O3S. The second-order valence-electron chi connectivity index (χ2n) is 6.97. The van der Waals surface area contributed by atoms with E-state index in [-0.39, 0.29) is 23.8 Å². The van der Waals surface area contributed by atoms with Crippen LogP contribution >= 0.6 is 0 Å². The van der Waals surface area contributed by atoms with Gasteiger partial charge in [0.05, 0.1) is 17.1 Å². The SMILES string of the molecule is Cc1ccc(S(=O)(=O)NCCC(=O)NCc2cn3c(n2)CCCC3)cc1C. The zero-order valence-electron chi connectivity index (χ0n) is 15.8. The van der Waals surface area contributed by atoms with Crippen LogP contribution in [0.15, 0.2) is 29.3 Å². The molecule has 0 spiro atoms. The fourth-order valence-corrected chi connectivity index (χ4v) is 4.21. The molecule has 0 aliphatic carbocycles. The number of carbonyl (C=O) groups is 1. The van der Waals surface area contributed by atoms with Gasteiger partial charge in [-0.25, -0.2) is 18.1 Å². The lowest BCUT2D eigenvalue weighted by Gasteiger charge is -2.11. The summed E-state index contributed by atoms with van der Waals surface area (Å²) in [5.41, 5.74) is 2.80. The van der Waals surface area contributed by atoms with Gasteiger partial charge in [-0.3, -0.25) is 4.79 Å². The van der Waals surface area contributed by atoms with Crippen LogP contribution in [0.25, 0.3) is 0 Å². The number of aromatic nitrogens is 2. The van der Waals surface area contributed by atoms with E-state index in [9.17, 15) is 13.2 Å². The summed E-state index contributed by atoms with van der Waals surface area (Å²) >= 11 is 0. The number of nitrogens with zero attached hydrogens (tertiary/aromatic N) is 2. The minimum Gasteiger partial charge on any atom is -0.350 e. The lowest BCUT2D eigenvalue weighted by molar-refractivity contribution is -0.121. The Hall–Kier alpha value is -2.19. The number of rotatable bonds is 7. The van der Waals surface area contributed by atoms with Crippen LogP contribution in [0.1, 0.15) is 41.9 Å². The number of carbonyl (C=O) groups excluding carboxylic acids is 1. The van der Waals surface area contributed by atoms with E-state index in [0.717, 1.165) is 48.5 Å². The smallest absolute Gasteiger partial charge is 0.240 e. The van der Waals surface area contributed by atoms with Gasteiger partial charge in [-0.15, -0.1) is 0 Å². The maximum absolute atomic E-state index is 12.3. The van der Waals surface area contributed by atoms with Crippen molar-refractivity contribution in [3.63, 3.8) is 0 Å². The molecule has 2 heterocycles. The monoisotopic (exact) mass is 390 g/mol. The minimum absolute atomic E-state index is 0.0563. The molecule has 2 N–H and O–H groups in total. The lowest BCUT2D eigenvalue weighted by atomic mass is 10.1. The van der Waals surface area contributed by atoms with Crippen molar-refractivity contribution in [1.29, 1.82) is 0 Å². The van der Waals surface area contributed by atoms with Crippen LogP contribution in [0.3, 0.4) is 0 Å². The topological polar surface area (TPSA) is 93.1 Å². The summed E-state index contributed by atoms with van der Waals surface area (Å²) in [4.78, 5) is 16.8. The van der Waals surface area contributed by atoms with Gasteiger partial charge in [0.1, 0.15) is 5.82 Å². The summed E-state index contributed by atoms with van der Waals surface area (Å²) in [5, 5.41) is 2.80. The minimum atomic E-state index is -3.61. The van der Waals surface area contributed by atoms with Crippen LogP contribution in [-0.4, -0.2) is 30.4 Å². The highest BCUT2D eigenvalue weighted by Crippen LogP contribution is 2.15. The molecule has 1 aliphatic heterocycles. The van der Waals surface area contributed by atoms with Gasteiger partial charge in [0, 0.05) is 32.1 Å². The van der Waals surface area contributed by atoms with Gasteiger partial charge in [0.15, 0.2) is 0 Å². The van der Waals surface area contributed by atoms with E-state index in [1.165, 1.54) is 0 Å². The summed E-state index contributed by atoms with van der Waals surface area (Å²) in [6.45, 7) is 5.20. The van der Waals surface area contributed by atoms with Crippen LogP contribution in [-0.2, 0) is 34.3 Å². The fraction of sp³-hybridized carbons (Fsp3) is 0.474. The first-order chi connectivity index (χ1) is 12.8. The number of aryl methyl sites for hydroxylation is 4. The molecule has 0 saturated heterocycles. The number of sulfonamides is 1. The number of fused-ring (bicyclic) bond motifs is 1. The Labute approximate surface area is 160 Å². The van der Waals surface area contributed by atoms with Crippen molar-refractivity contribution < 1.29 is 13.2 Å². The molecule has 1 aliphatic rings. The Kier molecular flexibility index (Phi) is 5.96. The van der Waals surface area contributed by atoms with Crippen LogP contribution in [0.5, 0.6) is 0 Å². The summed E-state index contributed by atoms with van der Waals surface area (Å²) in [7, 11) is -3.61. The summed E-state index contributed by atoms with van der Waals surface area (Å²) in [5.74, 6) is 0.871. The standard InChI is InChI=1S/C19H26N4O3S/c1-14-6-7-17(11-15(14)2)27(25,26)21-9-8-19(24)20-12-16-13-23-10-4-3-5-18(23)22-16/h6-7,11,13,21H,3-5,8-10,12H2,1-2H3,(H,20,24). The van der Waals surface area contributed by atoms with Crippen LogP contribution in [0.4, 0.5) is 0 Å². The number of benzene rings is 1. The Morgan fingerprint density at radius 2 is 2.04 bits per heavy atom. The summed E-state index contributed by atoms with van der Waals surface area (Å²) in [6.07, 6.45) is 5.36. The van der Waals surface area contributed by atoms with Crippen molar-refractivity contribution in [2.45, 2.75) is 57.5 Å². The van der Waals surface area contributed by atoms with E-state index < -0.39 is 10.0 Å².